The Morgan fingerprint density at radius 2 is 1.58 bits per heavy atom. The molecule has 0 aliphatic heterocycles. The van der Waals surface area contributed by atoms with Crippen LogP contribution in [0.25, 0.3) is 20.9 Å². The molecule has 0 aliphatic rings. The Kier molecular flexibility index (Phi) is 5.06. The van der Waals surface area contributed by atoms with Gasteiger partial charge in [0, 0.05) is 35.6 Å². The van der Waals surface area contributed by atoms with E-state index >= 15 is 0 Å². The van der Waals surface area contributed by atoms with Crippen molar-refractivity contribution in [3.63, 3.8) is 0 Å². The zero-order chi connectivity index (χ0) is 18.8. The molecule has 1 unspecified atom stereocenters. The van der Waals surface area contributed by atoms with Crippen molar-refractivity contribution in [2.75, 3.05) is 19.0 Å². The van der Waals surface area contributed by atoms with Crippen molar-refractivity contribution in [2.45, 2.75) is 13.0 Å². The van der Waals surface area contributed by atoms with Crippen LogP contribution in [-0.4, -0.2) is 24.1 Å². The van der Waals surface area contributed by atoms with Gasteiger partial charge in [-0.05, 0) is 54.4 Å². The summed E-state index contributed by atoms with van der Waals surface area (Å²) in [4.78, 5) is 14.9. The molecule has 0 fully saturated rings. The first kappa shape index (κ1) is 18.1. The molecule has 0 amide bonds. The van der Waals surface area contributed by atoms with Crippen LogP contribution in [0.4, 0.5) is 11.4 Å². The highest BCUT2D eigenvalue weighted by Gasteiger charge is 2.19. The van der Waals surface area contributed by atoms with Gasteiger partial charge in [0.2, 0.25) is 0 Å². The lowest BCUT2D eigenvalue weighted by Crippen LogP contribution is -2.07. The highest BCUT2D eigenvalue weighted by atomic mass is 32.1. The number of hydrogen-bond donors (Lipinski definition) is 1. The molecular formula is C20H20N2O3S. The van der Waals surface area contributed by atoms with Crippen molar-refractivity contribution in [3.05, 3.63) is 70.3 Å². The second-order valence-electron chi connectivity index (χ2n) is 6.31. The van der Waals surface area contributed by atoms with Gasteiger partial charge in [0.25, 0.3) is 5.69 Å². The van der Waals surface area contributed by atoms with Gasteiger partial charge in [0.05, 0.1) is 16.6 Å². The normalized spacial score (nSPS) is 12.0. The largest absolute Gasteiger partial charge is 0.388 e. The van der Waals surface area contributed by atoms with Gasteiger partial charge in [-0.2, -0.15) is 0 Å². The molecule has 134 valence electrons. The van der Waals surface area contributed by atoms with Gasteiger partial charge in [-0.1, -0.05) is 12.1 Å². The molecule has 0 aliphatic carbocycles. The van der Waals surface area contributed by atoms with Crippen molar-refractivity contribution in [1.29, 1.82) is 0 Å². The number of nitro groups is 1. The average molecular weight is 368 g/mol. The van der Waals surface area contributed by atoms with Gasteiger partial charge in [-0.3, -0.25) is 10.1 Å². The minimum Gasteiger partial charge on any atom is -0.388 e. The fraction of sp³-hybridized carbons (Fsp3) is 0.200. The average Bonchev–Trinajstić information content (AvgIpc) is 3.11. The monoisotopic (exact) mass is 368 g/mol. The topological polar surface area (TPSA) is 66.6 Å². The van der Waals surface area contributed by atoms with E-state index < -0.39 is 11.0 Å². The van der Waals surface area contributed by atoms with Crippen LogP contribution in [-0.2, 0) is 0 Å². The summed E-state index contributed by atoms with van der Waals surface area (Å²) in [6.45, 7) is 1.54. The number of nitrogens with zero attached hydrogens (tertiary/aromatic N) is 2. The molecule has 0 saturated carbocycles. The number of anilines is 1. The highest BCUT2D eigenvalue weighted by Crippen LogP contribution is 2.37. The van der Waals surface area contributed by atoms with Crippen LogP contribution in [0, 0.1) is 10.1 Å². The maximum absolute atomic E-state index is 11.1. The number of hydrogen-bond acceptors (Lipinski definition) is 5. The Morgan fingerprint density at radius 1 is 1.00 bits per heavy atom. The minimum atomic E-state index is -0.895. The van der Waals surface area contributed by atoms with E-state index in [-0.39, 0.29) is 5.69 Å². The number of benzene rings is 2. The molecule has 0 saturated heterocycles. The lowest BCUT2D eigenvalue weighted by atomic mass is 10.0. The maximum Gasteiger partial charge on any atom is 0.275 e. The minimum absolute atomic E-state index is 0.0557. The Balaban J connectivity index is 1.94. The summed E-state index contributed by atoms with van der Waals surface area (Å²) in [6.07, 6.45) is -0.895. The fourth-order valence-corrected chi connectivity index (χ4v) is 3.79. The second kappa shape index (κ2) is 7.27. The van der Waals surface area contributed by atoms with Crippen molar-refractivity contribution in [3.8, 4) is 20.9 Å². The molecule has 3 aromatic rings. The Bertz CT molecular complexity index is 930. The second-order valence-corrected chi connectivity index (χ2v) is 7.40. The summed E-state index contributed by atoms with van der Waals surface area (Å²) in [7, 11) is 4.01. The van der Waals surface area contributed by atoms with Crippen molar-refractivity contribution < 1.29 is 10.0 Å². The standard InChI is InChI=1S/C20H20N2O3S/c1-13(23)17-12-15(6-9-18(17)22(24)25)20-11-10-19(26-20)14-4-7-16(8-5-14)21(2)3/h4-13,23H,1-3H3. The van der Waals surface area contributed by atoms with E-state index in [9.17, 15) is 15.2 Å². The first-order valence-electron chi connectivity index (χ1n) is 8.21. The predicted molar refractivity (Wildman–Crippen MR) is 107 cm³/mol. The Labute approximate surface area is 156 Å². The zero-order valence-corrected chi connectivity index (χ0v) is 15.7. The summed E-state index contributed by atoms with van der Waals surface area (Å²) in [5.41, 5.74) is 3.41. The molecule has 26 heavy (non-hydrogen) atoms. The molecule has 1 N–H and O–H groups in total. The van der Waals surface area contributed by atoms with Gasteiger partial charge in [0.1, 0.15) is 0 Å². The van der Waals surface area contributed by atoms with Crippen molar-refractivity contribution in [1.82, 2.24) is 0 Å². The number of rotatable bonds is 5. The quantitative estimate of drug-likeness (QED) is 0.502. The molecule has 1 heterocycles. The van der Waals surface area contributed by atoms with Crippen LogP contribution in [0.2, 0.25) is 0 Å². The van der Waals surface area contributed by atoms with E-state index in [0.717, 1.165) is 26.6 Å². The fourth-order valence-electron chi connectivity index (χ4n) is 2.78. The molecule has 0 spiro atoms. The molecule has 6 heteroatoms. The SMILES string of the molecule is CC(O)c1cc(-c2ccc(-c3ccc(N(C)C)cc3)s2)ccc1[N+](=O)[O-]. The molecule has 3 rings (SSSR count). The van der Waals surface area contributed by atoms with Crippen molar-refractivity contribution >= 4 is 22.7 Å². The third-order valence-electron chi connectivity index (χ3n) is 4.23. The van der Waals surface area contributed by atoms with E-state index in [2.05, 4.69) is 29.2 Å². The molecular weight excluding hydrogens is 348 g/mol. The number of thiophene rings is 1. The number of aliphatic hydroxyl groups excluding tert-OH is 1. The Hall–Kier alpha value is -2.70. The van der Waals surface area contributed by atoms with Gasteiger partial charge in [0.15, 0.2) is 0 Å². The summed E-state index contributed by atoms with van der Waals surface area (Å²) < 4.78 is 0. The van der Waals surface area contributed by atoms with Crippen LogP contribution >= 0.6 is 11.3 Å². The summed E-state index contributed by atoms with van der Waals surface area (Å²) in [6, 6.07) is 17.3. The van der Waals surface area contributed by atoms with Crippen LogP contribution < -0.4 is 4.90 Å². The van der Waals surface area contributed by atoms with Gasteiger partial charge < -0.3 is 10.0 Å². The first-order chi connectivity index (χ1) is 12.4. The Morgan fingerprint density at radius 3 is 2.12 bits per heavy atom. The summed E-state index contributed by atoms with van der Waals surface area (Å²) in [5, 5.41) is 21.0. The van der Waals surface area contributed by atoms with Crippen LogP contribution in [0.3, 0.4) is 0 Å². The van der Waals surface area contributed by atoms with Gasteiger partial charge in [-0.15, -0.1) is 11.3 Å². The summed E-state index contributed by atoms with van der Waals surface area (Å²) >= 11 is 1.62. The third-order valence-corrected chi connectivity index (χ3v) is 5.42. The maximum atomic E-state index is 11.1. The van der Waals surface area contributed by atoms with Crippen LogP contribution in [0.5, 0.6) is 0 Å². The van der Waals surface area contributed by atoms with E-state index in [1.54, 1.807) is 23.5 Å². The molecule has 1 atom stereocenters. The lowest BCUT2D eigenvalue weighted by molar-refractivity contribution is -0.386. The third kappa shape index (κ3) is 3.61. The van der Waals surface area contributed by atoms with E-state index in [1.807, 2.05) is 26.2 Å². The van der Waals surface area contributed by atoms with E-state index in [0.29, 0.717) is 5.56 Å². The van der Waals surface area contributed by atoms with Crippen LogP contribution in [0.1, 0.15) is 18.6 Å². The van der Waals surface area contributed by atoms with Crippen LogP contribution in [0.15, 0.2) is 54.6 Å². The predicted octanol–water partition coefficient (Wildman–Crippen LogP) is 5.11. The van der Waals surface area contributed by atoms with E-state index in [1.165, 1.54) is 13.0 Å². The van der Waals surface area contributed by atoms with Gasteiger partial charge in [-0.25, -0.2) is 0 Å². The van der Waals surface area contributed by atoms with Crippen molar-refractivity contribution in [2.24, 2.45) is 0 Å². The number of aliphatic hydroxyl groups is 1. The smallest absolute Gasteiger partial charge is 0.275 e. The zero-order valence-electron chi connectivity index (χ0n) is 14.8. The molecule has 1 aromatic heterocycles. The lowest BCUT2D eigenvalue weighted by Gasteiger charge is -2.12. The van der Waals surface area contributed by atoms with E-state index in [4.69, 9.17) is 0 Å². The highest BCUT2D eigenvalue weighted by molar-refractivity contribution is 7.18. The molecule has 2 aromatic carbocycles. The number of nitro benzene ring substituents is 1. The molecule has 0 bridgehead atoms. The summed E-state index contributed by atoms with van der Waals surface area (Å²) in [5.74, 6) is 0. The molecule has 5 nitrogen and oxygen atoms in total. The molecule has 0 radical (unpaired) electrons. The first-order valence-corrected chi connectivity index (χ1v) is 9.03. The van der Waals surface area contributed by atoms with Gasteiger partial charge >= 0.3 is 0 Å².